The van der Waals surface area contributed by atoms with Crippen LogP contribution >= 0.6 is 0 Å². The van der Waals surface area contributed by atoms with Crippen LogP contribution in [-0.2, 0) is 9.47 Å². The Labute approximate surface area is 446 Å². The third kappa shape index (κ3) is 9.73. The van der Waals surface area contributed by atoms with Crippen molar-refractivity contribution in [2.24, 2.45) is 105 Å². The van der Waals surface area contributed by atoms with Crippen molar-refractivity contribution in [2.45, 2.75) is 232 Å². The van der Waals surface area contributed by atoms with Crippen LogP contribution in [0, 0.1) is 105 Å². The van der Waals surface area contributed by atoms with Crippen molar-refractivity contribution in [3.05, 3.63) is 0 Å². The van der Waals surface area contributed by atoms with Gasteiger partial charge in [0, 0.05) is 19.6 Å². The van der Waals surface area contributed by atoms with E-state index in [-0.39, 0.29) is 94.4 Å². The fourth-order valence-electron chi connectivity index (χ4n) is 22.1. The number of hydrogen-bond donors (Lipinski definition) is 6. The van der Waals surface area contributed by atoms with Crippen molar-refractivity contribution in [1.29, 1.82) is 0 Å². The summed E-state index contributed by atoms with van der Waals surface area (Å²) in [5, 5.41) is 68.1. The van der Waals surface area contributed by atoms with Crippen molar-refractivity contribution in [1.82, 2.24) is 9.80 Å². The number of piperidine rings is 1. The number of amides is 2. The van der Waals surface area contributed by atoms with Crippen molar-refractivity contribution in [2.75, 3.05) is 39.5 Å². The lowest BCUT2D eigenvalue weighted by Gasteiger charge is -2.65. The van der Waals surface area contributed by atoms with Crippen molar-refractivity contribution >= 4 is 12.2 Å². The zero-order valence-electron chi connectivity index (χ0n) is 47.0. The van der Waals surface area contributed by atoms with Crippen LogP contribution in [0.25, 0.3) is 0 Å². The molecule has 3 unspecified atom stereocenters. The van der Waals surface area contributed by atoms with Gasteiger partial charge in [-0.3, -0.25) is 0 Å². The molecule has 2 aliphatic heterocycles. The molecule has 8 saturated carbocycles. The molecule has 10 aliphatic rings. The van der Waals surface area contributed by atoms with E-state index >= 15 is 0 Å². The highest BCUT2D eigenvalue weighted by Gasteiger charge is 2.67. The summed E-state index contributed by atoms with van der Waals surface area (Å²) >= 11 is 0. The number of fused-ring (bicyclic) bond motifs is 10. The maximum Gasteiger partial charge on any atom is 0.410 e. The second-order valence-electron chi connectivity index (χ2n) is 28.7. The van der Waals surface area contributed by atoms with Gasteiger partial charge in [0.25, 0.3) is 0 Å². The van der Waals surface area contributed by atoms with E-state index in [1.54, 1.807) is 9.80 Å². The van der Waals surface area contributed by atoms with Crippen LogP contribution in [0.2, 0.25) is 0 Å². The van der Waals surface area contributed by atoms with Crippen LogP contribution in [0.5, 0.6) is 0 Å². The molecule has 2 heterocycles. The van der Waals surface area contributed by atoms with Crippen LogP contribution < -0.4 is 0 Å². The Balaban J connectivity index is 0.851. The van der Waals surface area contributed by atoms with Crippen LogP contribution in [0.15, 0.2) is 0 Å². The highest BCUT2D eigenvalue weighted by Crippen LogP contribution is 2.72. The van der Waals surface area contributed by atoms with Gasteiger partial charge in [-0.1, -0.05) is 60.8 Å². The maximum absolute atomic E-state index is 13.3. The molecule has 12 nitrogen and oxygen atoms in total. The smallest absolute Gasteiger partial charge is 0.410 e. The molecule has 10 rings (SSSR count). The summed E-state index contributed by atoms with van der Waals surface area (Å²) in [4.78, 5) is 29.9. The van der Waals surface area contributed by atoms with E-state index in [0.717, 1.165) is 148 Å². The summed E-state index contributed by atoms with van der Waals surface area (Å²) in [5.74, 6) is 4.88. The van der Waals surface area contributed by atoms with Gasteiger partial charge in [-0.15, -0.1) is 0 Å². The van der Waals surface area contributed by atoms with Gasteiger partial charge in [0.2, 0.25) is 0 Å². The average molecular weight is 1040 g/mol. The van der Waals surface area contributed by atoms with Gasteiger partial charge in [-0.05, 0) is 239 Å². The average Bonchev–Trinajstić information content (AvgIpc) is 4.13. The zero-order chi connectivity index (χ0) is 52.5. The van der Waals surface area contributed by atoms with Crippen LogP contribution in [0.1, 0.15) is 196 Å². The number of β-amino-alcohol motifs (C(OH)–C–C–N with tert-alkyl or cyclic N) is 1. The second-order valence-corrected chi connectivity index (χ2v) is 28.7. The summed E-state index contributed by atoms with van der Waals surface area (Å²) in [6.07, 6.45) is 20.9. The molecule has 0 spiro atoms. The predicted molar refractivity (Wildman–Crippen MR) is 285 cm³/mol. The third-order valence-electron chi connectivity index (χ3n) is 25.8. The Kier molecular flexibility index (Phi) is 16.6. The predicted octanol–water partition coefficient (Wildman–Crippen LogP) is 10.2. The maximum atomic E-state index is 13.3. The number of aliphatic hydroxyl groups excluding tert-OH is 6. The lowest BCUT2D eigenvalue weighted by molar-refractivity contribution is -0.205. The summed E-state index contributed by atoms with van der Waals surface area (Å²) in [6, 6.07) is -0.145. The molecule has 8 aliphatic carbocycles. The van der Waals surface area contributed by atoms with Gasteiger partial charge in [-0.25, -0.2) is 9.59 Å². The lowest BCUT2D eigenvalue weighted by Crippen LogP contribution is -2.62. The van der Waals surface area contributed by atoms with Gasteiger partial charge >= 0.3 is 12.2 Å². The molecule has 10 fully saturated rings. The molecule has 24 atom stereocenters. The summed E-state index contributed by atoms with van der Waals surface area (Å²) in [6.45, 7) is 17.0. The molecule has 74 heavy (non-hydrogen) atoms. The molecule has 0 aromatic rings. The number of carbonyl (C=O) groups excluding carboxylic acids is 2. The van der Waals surface area contributed by atoms with Gasteiger partial charge in [0.15, 0.2) is 0 Å². The minimum absolute atomic E-state index is 0.0182. The molecule has 2 amide bonds. The molecule has 0 aromatic heterocycles. The van der Waals surface area contributed by atoms with Crippen molar-refractivity contribution in [3.63, 3.8) is 0 Å². The van der Waals surface area contributed by atoms with Gasteiger partial charge in [0.1, 0.15) is 0 Å². The fourth-order valence-corrected chi connectivity index (χ4v) is 22.1. The van der Waals surface area contributed by atoms with Crippen LogP contribution in [0.4, 0.5) is 9.59 Å². The second kappa shape index (κ2) is 22.1. The Morgan fingerprint density at radius 2 is 1.14 bits per heavy atom. The van der Waals surface area contributed by atoms with Gasteiger partial charge < -0.3 is 49.9 Å². The molecule has 12 heteroatoms. The van der Waals surface area contributed by atoms with Crippen molar-refractivity contribution < 1.29 is 49.7 Å². The summed E-state index contributed by atoms with van der Waals surface area (Å²) < 4.78 is 12.0. The molecule has 0 bridgehead atoms. The molecule has 0 aromatic carbocycles. The number of nitrogens with zero attached hydrogens (tertiary/aromatic N) is 2. The normalized spacial score (nSPS) is 48.6. The minimum atomic E-state index is -0.493. The lowest BCUT2D eigenvalue weighted by atomic mass is 9.41. The third-order valence-corrected chi connectivity index (χ3v) is 25.8. The van der Waals surface area contributed by atoms with E-state index in [4.69, 9.17) is 9.47 Å². The Morgan fingerprint density at radius 1 is 0.581 bits per heavy atom. The highest BCUT2D eigenvalue weighted by atomic mass is 16.6. The standard InChI is InChI=1S/C62H104N2O10/c1-7-43-51-33-40(66)18-25-61(51,5)49-21-28-60(4)46(15-17-48(60)53(49)55(43)69)38(24-32-73-57(71)63-30-22-42(68)35-63)11-10-13-44-52-34-41(67)19-26-62(52,6)50-20-27-59(3)45(14-16-47(59)54(50)56(44)70)37(2)23-31-74-58(72)64-29-9-8-12-39(64)36-65/h37-56,65-70H,7-36H2,1-6H3/t37-,38-,39?,40-,41-,42+,43-,44-,45-,46-,47+,48+,49?,50+,51+,52+,53+,54?,55-,56-,59-,60-,61-,62-/m1/s1. The van der Waals surface area contributed by atoms with Crippen LogP contribution in [0.3, 0.4) is 0 Å². The number of ether oxygens (including phenoxy) is 2. The first-order chi connectivity index (χ1) is 35.4. The Bertz CT molecular complexity index is 1940. The number of carbonyl (C=O) groups is 2. The summed E-state index contributed by atoms with van der Waals surface area (Å²) in [7, 11) is 0. The first-order valence-corrected chi connectivity index (χ1v) is 31.2. The number of likely N-dealkylation sites (tertiary alicyclic amines) is 2. The molecule has 0 radical (unpaired) electrons. The van der Waals surface area contributed by atoms with E-state index in [1.165, 1.54) is 0 Å². The zero-order valence-corrected chi connectivity index (χ0v) is 47.0. The monoisotopic (exact) mass is 1040 g/mol. The van der Waals surface area contributed by atoms with Crippen LogP contribution in [-0.4, -0.2) is 129 Å². The number of rotatable bonds is 14. The van der Waals surface area contributed by atoms with E-state index in [2.05, 4.69) is 41.5 Å². The molecular formula is C62H104N2O10. The van der Waals surface area contributed by atoms with E-state index in [1.807, 2.05) is 0 Å². The molecule has 2 saturated heterocycles. The van der Waals surface area contributed by atoms with Gasteiger partial charge in [-0.2, -0.15) is 0 Å². The first-order valence-electron chi connectivity index (χ1n) is 31.2. The first kappa shape index (κ1) is 55.6. The molecule has 6 N–H and O–H groups in total. The van der Waals surface area contributed by atoms with E-state index in [0.29, 0.717) is 92.5 Å². The fraction of sp³-hybridized carbons (Fsp3) is 0.968. The van der Waals surface area contributed by atoms with Gasteiger partial charge in [0.05, 0.1) is 56.4 Å². The Morgan fingerprint density at radius 3 is 1.74 bits per heavy atom. The number of aliphatic hydroxyl groups is 6. The van der Waals surface area contributed by atoms with E-state index < -0.39 is 12.2 Å². The van der Waals surface area contributed by atoms with E-state index in [9.17, 15) is 40.2 Å². The quantitative estimate of drug-likeness (QED) is 0.0981. The largest absolute Gasteiger partial charge is 0.449 e. The minimum Gasteiger partial charge on any atom is -0.449 e. The number of hydrogen-bond acceptors (Lipinski definition) is 10. The SMILES string of the molecule is CC[C@H]1[C@@H](O)[C@@H]2C(CC[C@]3(C)[C@@H]([C@H](CCC[C@H]4[C@@H](O)C5[C@@H]6CC[C@H]([C@H](C)CCOC(=O)N7CCCCC7CO)[C@@]6(C)CC[C@@H]5[C@@]5(C)CC[C@@H](O)C[C@@H]45)CCOC(=O)N4CC[C@H](O)C4)CC[C@@H]23)[C@@]2(C)CC[C@@H](O)C[C@@H]12. The molecule has 422 valence electrons. The topological polar surface area (TPSA) is 180 Å². The Hall–Kier alpha value is -1.70. The highest BCUT2D eigenvalue weighted by molar-refractivity contribution is 5.68. The van der Waals surface area contributed by atoms with Crippen molar-refractivity contribution in [3.8, 4) is 0 Å². The summed E-state index contributed by atoms with van der Waals surface area (Å²) in [5.41, 5.74) is 0.378. The molecular weight excluding hydrogens is 933 g/mol.